The molecule has 0 aliphatic carbocycles. The van der Waals surface area contributed by atoms with Crippen molar-refractivity contribution < 1.29 is 23.9 Å². The summed E-state index contributed by atoms with van der Waals surface area (Å²) in [7, 11) is 0. The molecule has 1 fully saturated rings. The lowest BCUT2D eigenvalue weighted by molar-refractivity contribution is -0.148. The first-order valence-electron chi connectivity index (χ1n) is 12.2. The number of ether oxygens (including phenoxy) is 1. The summed E-state index contributed by atoms with van der Waals surface area (Å²) in [6.07, 6.45) is 1.07. The molecule has 0 bridgehead atoms. The van der Waals surface area contributed by atoms with Crippen LogP contribution in [0.1, 0.15) is 29.3 Å². The number of anilines is 1. The van der Waals surface area contributed by atoms with Crippen molar-refractivity contribution in [2.45, 2.75) is 19.9 Å². The fraction of sp³-hybridized carbons (Fsp3) is 0.407. The minimum absolute atomic E-state index is 0.190. The van der Waals surface area contributed by atoms with Crippen LogP contribution in [0.5, 0.6) is 0 Å². The van der Waals surface area contributed by atoms with E-state index in [-0.39, 0.29) is 24.8 Å². The zero-order chi connectivity index (χ0) is 25.8. The molecule has 0 radical (unpaired) electrons. The van der Waals surface area contributed by atoms with Crippen LogP contribution in [0, 0.1) is 0 Å². The highest BCUT2D eigenvalue weighted by Gasteiger charge is 2.20. The van der Waals surface area contributed by atoms with Gasteiger partial charge in [-0.1, -0.05) is 37.3 Å². The quantitative estimate of drug-likeness (QED) is 0.257. The highest BCUT2D eigenvalue weighted by Crippen LogP contribution is 2.18. The molecule has 2 aromatic carbocycles. The molecule has 2 aromatic rings. The number of carbonyl (C=O) groups is 4. The Balaban J connectivity index is 1.43. The SMILES string of the molecule is CCCN(CC(=O)OCC(=O)c1ccc(N2CCN(Cc3ccccc3)CC2)cc1)C(=O)CNC=O. The molecule has 36 heavy (non-hydrogen) atoms. The van der Waals surface area contributed by atoms with E-state index < -0.39 is 12.6 Å². The molecule has 3 rings (SSSR count). The number of amides is 2. The van der Waals surface area contributed by atoms with Gasteiger partial charge in [-0.3, -0.25) is 24.1 Å². The second kappa shape index (κ2) is 14.0. The highest BCUT2D eigenvalue weighted by molar-refractivity contribution is 5.98. The van der Waals surface area contributed by atoms with E-state index in [1.54, 1.807) is 12.1 Å². The van der Waals surface area contributed by atoms with Crippen molar-refractivity contribution in [2.75, 3.05) is 57.3 Å². The van der Waals surface area contributed by atoms with Gasteiger partial charge >= 0.3 is 5.97 Å². The molecular weight excluding hydrogens is 460 g/mol. The Bertz CT molecular complexity index is 1000. The van der Waals surface area contributed by atoms with Gasteiger partial charge in [0, 0.05) is 50.5 Å². The van der Waals surface area contributed by atoms with Crippen molar-refractivity contribution in [1.29, 1.82) is 0 Å². The van der Waals surface area contributed by atoms with Gasteiger partial charge in [-0.05, 0) is 36.2 Å². The Kier molecular flexibility index (Phi) is 10.4. The molecule has 9 heteroatoms. The average molecular weight is 495 g/mol. The molecule has 0 unspecified atom stereocenters. The molecule has 0 aromatic heterocycles. The van der Waals surface area contributed by atoms with Crippen LogP contribution in [0.3, 0.4) is 0 Å². The number of esters is 1. The Hall–Kier alpha value is -3.72. The van der Waals surface area contributed by atoms with Gasteiger partial charge in [0.1, 0.15) is 6.54 Å². The molecule has 0 saturated carbocycles. The third-order valence-electron chi connectivity index (χ3n) is 6.04. The Labute approximate surface area is 212 Å². The number of Topliss-reactive ketones (excluding diaryl/α,β-unsaturated/α-hetero) is 1. The van der Waals surface area contributed by atoms with Crippen LogP contribution in [-0.4, -0.2) is 86.3 Å². The molecule has 1 saturated heterocycles. The molecule has 1 heterocycles. The monoisotopic (exact) mass is 494 g/mol. The first-order valence-corrected chi connectivity index (χ1v) is 12.2. The summed E-state index contributed by atoms with van der Waals surface area (Å²) >= 11 is 0. The third-order valence-corrected chi connectivity index (χ3v) is 6.04. The number of benzene rings is 2. The predicted octanol–water partition coefficient (Wildman–Crippen LogP) is 1.72. The lowest BCUT2D eigenvalue weighted by Crippen LogP contribution is -2.45. The second-order valence-corrected chi connectivity index (χ2v) is 8.69. The van der Waals surface area contributed by atoms with Crippen LogP contribution in [0.2, 0.25) is 0 Å². The van der Waals surface area contributed by atoms with E-state index in [0.29, 0.717) is 24.9 Å². The van der Waals surface area contributed by atoms with Crippen molar-refractivity contribution in [3.63, 3.8) is 0 Å². The van der Waals surface area contributed by atoms with E-state index >= 15 is 0 Å². The van der Waals surface area contributed by atoms with Crippen molar-refractivity contribution in [3.05, 3.63) is 65.7 Å². The van der Waals surface area contributed by atoms with Crippen LogP contribution in [0.15, 0.2) is 54.6 Å². The standard InChI is InChI=1S/C27H34N4O5/c1-2-12-31(26(34)17-28-21-32)19-27(35)36-20-25(33)23-8-10-24(11-9-23)30-15-13-29(14-16-30)18-22-6-4-3-5-7-22/h3-11,21H,2,12-20H2,1H3,(H,28,32). The van der Waals surface area contributed by atoms with Gasteiger partial charge in [0.2, 0.25) is 12.3 Å². The number of nitrogens with one attached hydrogen (secondary N) is 1. The summed E-state index contributed by atoms with van der Waals surface area (Å²) < 4.78 is 5.11. The Morgan fingerprint density at radius 1 is 1.00 bits per heavy atom. The van der Waals surface area contributed by atoms with E-state index in [1.165, 1.54) is 10.5 Å². The van der Waals surface area contributed by atoms with Gasteiger partial charge in [-0.2, -0.15) is 0 Å². The van der Waals surface area contributed by atoms with Gasteiger partial charge in [-0.25, -0.2) is 0 Å². The summed E-state index contributed by atoms with van der Waals surface area (Å²) in [4.78, 5) is 53.2. The topological polar surface area (TPSA) is 99.3 Å². The number of rotatable bonds is 13. The minimum Gasteiger partial charge on any atom is -0.456 e. The maximum Gasteiger partial charge on any atom is 0.326 e. The molecular formula is C27H34N4O5. The molecule has 0 spiro atoms. The van der Waals surface area contributed by atoms with E-state index in [4.69, 9.17) is 4.74 Å². The molecule has 1 aliphatic heterocycles. The van der Waals surface area contributed by atoms with Crippen molar-refractivity contribution in [2.24, 2.45) is 0 Å². The first kappa shape index (κ1) is 26.9. The fourth-order valence-corrected chi connectivity index (χ4v) is 4.10. The molecule has 0 atom stereocenters. The number of carbonyl (C=O) groups excluding carboxylic acids is 4. The number of nitrogens with zero attached hydrogens (tertiary/aromatic N) is 3. The second-order valence-electron chi connectivity index (χ2n) is 8.69. The number of ketones is 1. The van der Waals surface area contributed by atoms with Crippen LogP contribution < -0.4 is 10.2 Å². The van der Waals surface area contributed by atoms with Crippen molar-refractivity contribution >= 4 is 29.8 Å². The third kappa shape index (κ3) is 8.20. The van der Waals surface area contributed by atoms with Crippen molar-refractivity contribution in [1.82, 2.24) is 15.1 Å². The van der Waals surface area contributed by atoms with Gasteiger partial charge < -0.3 is 19.9 Å². The van der Waals surface area contributed by atoms with Crippen LogP contribution in [0.4, 0.5) is 5.69 Å². The van der Waals surface area contributed by atoms with Gasteiger partial charge in [0.05, 0.1) is 6.54 Å². The molecule has 192 valence electrons. The number of piperazine rings is 1. The zero-order valence-electron chi connectivity index (χ0n) is 20.7. The molecule has 1 aliphatic rings. The number of hydrogen-bond donors (Lipinski definition) is 1. The van der Waals surface area contributed by atoms with Crippen molar-refractivity contribution in [3.8, 4) is 0 Å². The van der Waals surface area contributed by atoms with Crippen LogP contribution in [0.25, 0.3) is 0 Å². The minimum atomic E-state index is -0.666. The van der Waals surface area contributed by atoms with Gasteiger partial charge in [0.15, 0.2) is 12.4 Å². The Morgan fingerprint density at radius 2 is 1.69 bits per heavy atom. The summed E-state index contributed by atoms with van der Waals surface area (Å²) in [6, 6.07) is 17.8. The lowest BCUT2D eigenvalue weighted by Gasteiger charge is -2.36. The predicted molar refractivity (Wildman–Crippen MR) is 137 cm³/mol. The summed E-state index contributed by atoms with van der Waals surface area (Å²) in [6.45, 7) is 6.07. The van der Waals surface area contributed by atoms with E-state index in [9.17, 15) is 19.2 Å². The van der Waals surface area contributed by atoms with Gasteiger partial charge in [-0.15, -0.1) is 0 Å². The van der Waals surface area contributed by atoms with Gasteiger partial charge in [0.25, 0.3) is 0 Å². The molecule has 9 nitrogen and oxygen atoms in total. The highest BCUT2D eigenvalue weighted by atomic mass is 16.5. The van der Waals surface area contributed by atoms with Crippen LogP contribution in [-0.2, 0) is 25.7 Å². The smallest absolute Gasteiger partial charge is 0.326 e. The maximum absolute atomic E-state index is 12.5. The zero-order valence-corrected chi connectivity index (χ0v) is 20.7. The fourth-order valence-electron chi connectivity index (χ4n) is 4.10. The average Bonchev–Trinajstić information content (AvgIpc) is 2.91. The molecule has 2 amide bonds. The van der Waals surface area contributed by atoms with Crippen LogP contribution >= 0.6 is 0 Å². The lowest BCUT2D eigenvalue weighted by atomic mass is 10.1. The van der Waals surface area contributed by atoms with E-state index in [0.717, 1.165) is 38.4 Å². The largest absolute Gasteiger partial charge is 0.456 e. The van der Waals surface area contributed by atoms with E-state index in [2.05, 4.69) is 39.4 Å². The van der Waals surface area contributed by atoms with E-state index in [1.807, 2.05) is 25.1 Å². The maximum atomic E-state index is 12.5. The first-order chi connectivity index (χ1) is 17.5. The summed E-state index contributed by atoms with van der Waals surface area (Å²) in [5.41, 5.74) is 2.83. The number of hydrogen-bond acceptors (Lipinski definition) is 7. The Morgan fingerprint density at radius 3 is 2.33 bits per heavy atom. The normalized spacial score (nSPS) is 13.6. The summed E-state index contributed by atoms with van der Waals surface area (Å²) in [5, 5.41) is 2.29. The molecule has 1 N–H and O–H groups in total. The summed E-state index contributed by atoms with van der Waals surface area (Å²) in [5.74, 6) is -1.36.